The summed E-state index contributed by atoms with van der Waals surface area (Å²) in [7, 11) is -4.34. The van der Waals surface area contributed by atoms with E-state index in [4.69, 9.17) is 0 Å². The van der Waals surface area contributed by atoms with Crippen LogP contribution in [0.3, 0.4) is 0 Å². The minimum atomic E-state index is -4.34. The van der Waals surface area contributed by atoms with Gasteiger partial charge in [0.1, 0.15) is 0 Å². The SMILES string of the molecule is CCC/C=C\CCCCCCCC(=O)NC(CS(=O)(=O)O)C(O)/C=C/CC/C=C/CCCCCCC. The molecule has 2 unspecified atom stereocenters. The molecule has 1 amide bonds. The van der Waals surface area contributed by atoms with Gasteiger partial charge in [-0.15, -0.1) is 0 Å². The van der Waals surface area contributed by atoms with Crippen molar-refractivity contribution < 1.29 is 22.9 Å². The second kappa shape index (κ2) is 23.9. The molecule has 0 aliphatic carbocycles. The van der Waals surface area contributed by atoms with E-state index in [1.807, 2.05) is 0 Å². The van der Waals surface area contributed by atoms with E-state index in [1.165, 1.54) is 44.6 Å². The molecule has 2 atom stereocenters. The second-order valence-electron chi connectivity index (χ2n) is 9.66. The summed E-state index contributed by atoms with van der Waals surface area (Å²) < 4.78 is 32.0. The van der Waals surface area contributed by atoms with E-state index in [2.05, 4.69) is 43.5 Å². The Kier molecular flexibility index (Phi) is 23.0. The van der Waals surface area contributed by atoms with E-state index in [1.54, 1.807) is 6.08 Å². The molecule has 0 aromatic carbocycles. The number of amides is 1. The van der Waals surface area contributed by atoms with Gasteiger partial charge in [0, 0.05) is 6.42 Å². The summed E-state index contributed by atoms with van der Waals surface area (Å²) >= 11 is 0. The maximum absolute atomic E-state index is 12.3. The molecule has 0 aromatic rings. The van der Waals surface area contributed by atoms with E-state index in [0.29, 0.717) is 12.8 Å². The second-order valence-corrected chi connectivity index (χ2v) is 11.2. The van der Waals surface area contributed by atoms with Gasteiger partial charge in [-0.05, 0) is 51.4 Å². The molecule has 0 aliphatic rings. The summed E-state index contributed by atoms with van der Waals surface area (Å²) in [5.74, 6) is -1.02. The Labute approximate surface area is 221 Å². The summed E-state index contributed by atoms with van der Waals surface area (Å²) in [4.78, 5) is 12.3. The molecule has 0 aliphatic heterocycles. The maximum atomic E-state index is 12.3. The van der Waals surface area contributed by atoms with Crippen LogP contribution in [0.15, 0.2) is 36.5 Å². The normalized spacial score (nSPS) is 14.2. The van der Waals surface area contributed by atoms with E-state index in [-0.39, 0.29) is 12.3 Å². The molecule has 0 spiro atoms. The first-order valence-corrected chi connectivity index (χ1v) is 15.8. The highest BCUT2D eigenvalue weighted by molar-refractivity contribution is 7.85. The van der Waals surface area contributed by atoms with Crippen molar-refractivity contribution in [2.24, 2.45) is 0 Å². The molecule has 0 rings (SSSR count). The van der Waals surface area contributed by atoms with Gasteiger partial charge in [-0.2, -0.15) is 8.42 Å². The minimum Gasteiger partial charge on any atom is -0.387 e. The average molecular weight is 528 g/mol. The predicted molar refractivity (Wildman–Crippen MR) is 152 cm³/mol. The van der Waals surface area contributed by atoms with Gasteiger partial charge in [0.25, 0.3) is 10.1 Å². The number of rotatable bonds is 24. The van der Waals surface area contributed by atoms with Gasteiger partial charge in [-0.3, -0.25) is 9.35 Å². The summed E-state index contributed by atoms with van der Waals surface area (Å²) in [5.41, 5.74) is 0. The van der Waals surface area contributed by atoms with E-state index < -0.39 is 28.0 Å². The molecule has 6 nitrogen and oxygen atoms in total. The van der Waals surface area contributed by atoms with Crippen molar-refractivity contribution in [2.45, 2.75) is 135 Å². The molecule has 36 heavy (non-hydrogen) atoms. The summed E-state index contributed by atoms with van der Waals surface area (Å²) in [5, 5.41) is 13.0. The maximum Gasteiger partial charge on any atom is 0.267 e. The molecule has 0 bridgehead atoms. The number of hydrogen-bond acceptors (Lipinski definition) is 4. The first-order chi connectivity index (χ1) is 17.3. The van der Waals surface area contributed by atoms with Crippen LogP contribution in [0.4, 0.5) is 0 Å². The average Bonchev–Trinajstić information content (AvgIpc) is 2.82. The molecular formula is C29H53NO5S. The van der Waals surface area contributed by atoms with Gasteiger partial charge in [0.2, 0.25) is 5.91 Å². The van der Waals surface area contributed by atoms with E-state index in [9.17, 15) is 22.9 Å². The number of unbranched alkanes of at least 4 members (excludes halogenated alkanes) is 12. The highest BCUT2D eigenvalue weighted by Gasteiger charge is 2.24. The molecule has 0 aromatic heterocycles. The molecule has 0 saturated heterocycles. The van der Waals surface area contributed by atoms with E-state index in [0.717, 1.165) is 51.4 Å². The molecule has 0 fully saturated rings. The van der Waals surface area contributed by atoms with Crippen LogP contribution >= 0.6 is 0 Å². The fraction of sp³-hybridized carbons (Fsp3) is 0.759. The molecular weight excluding hydrogens is 474 g/mol. The Morgan fingerprint density at radius 1 is 0.722 bits per heavy atom. The Morgan fingerprint density at radius 3 is 1.86 bits per heavy atom. The molecule has 210 valence electrons. The van der Waals surface area contributed by atoms with Crippen LogP contribution in [0.1, 0.15) is 123 Å². The largest absolute Gasteiger partial charge is 0.387 e. The molecule has 0 radical (unpaired) electrons. The number of aliphatic hydroxyl groups is 1. The number of carbonyl (C=O) groups is 1. The van der Waals surface area contributed by atoms with Gasteiger partial charge >= 0.3 is 0 Å². The van der Waals surface area contributed by atoms with Gasteiger partial charge in [-0.1, -0.05) is 102 Å². The number of nitrogens with one attached hydrogen (secondary N) is 1. The lowest BCUT2D eigenvalue weighted by atomic mass is 10.1. The summed E-state index contributed by atoms with van der Waals surface area (Å²) in [6.45, 7) is 4.38. The molecule has 7 heteroatoms. The van der Waals surface area contributed by atoms with Crippen LogP contribution in [-0.4, -0.2) is 41.9 Å². The van der Waals surface area contributed by atoms with Crippen molar-refractivity contribution in [2.75, 3.05) is 5.75 Å². The Bertz CT molecular complexity index is 715. The highest BCUT2D eigenvalue weighted by Crippen LogP contribution is 2.10. The van der Waals surface area contributed by atoms with Crippen molar-refractivity contribution in [1.29, 1.82) is 0 Å². The van der Waals surface area contributed by atoms with Crippen molar-refractivity contribution in [3.8, 4) is 0 Å². The van der Waals surface area contributed by atoms with Crippen LogP contribution < -0.4 is 5.32 Å². The quantitative estimate of drug-likeness (QED) is 0.0708. The topological polar surface area (TPSA) is 104 Å². The Morgan fingerprint density at radius 2 is 1.25 bits per heavy atom. The van der Waals surface area contributed by atoms with Crippen molar-refractivity contribution in [3.05, 3.63) is 36.5 Å². The standard InChI is InChI=1S/C29H53NO5S/c1-3-5-7-9-11-13-15-16-18-20-22-24-28(31)27(26-36(33,34)35)30-29(32)25-23-21-19-17-14-12-10-8-6-4-2/h8,10,15-16,22,24,27-28,31H,3-7,9,11-14,17-21,23,25-26H2,1-2H3,(H,30,32)(H,33,34,35)/b10-8-,16-15+,24-22+. The third kappa shape index (κ3) is 24.3. The van der Waals surface area contributed by atoms with Gasteiger partial charge in [0.15, 0.2) is 0 Å². The molecule has 0 heterocycles. The van der Waals surface area contributed by atoms with E-state index >= 15 is 0 Å². The van der Waals surface area contributed by atoms with Gasteiger partial charge in [0.05, 0.1) is 17.9 Å². The lowest BCUT2D eigenvalue weighted by molar-refractivity contribution is -0.122. The zero-order valence-electron chi connectivity index (χ0n) is 22.9. The Balaban J connectivity index is 4.24. The Hall–Kier alpha value is -1.44. The third-order valence-corrected chi connectivity index (χ3v) is 6.80. The molecule has 3 N–H and O–H groups in total. The van der Waals surface area contributed by atoms with Crippen LogP contribution in [0.25, 0.3) is 0 Å². The minimum absolute atomic E-state index is 0.276. The highest BCUT2D eigenvalue weighted by atomic mass is 32.2. The number of allylic oxidation sites excluding steroid dienone is 5. The van der Waals surface area contributed by atoms with Gasteiger partial charge in [-0.25, -0.2) is 0 Å². The number of aliphatic hydroxyl groups excluding tert-OH is 1. The van der Waals surface area contributed by atoms with Gasteiger partial charge < -0.3 is 10.4 Å². The van der Waals surface area contributed by atoms with Crippen molar-refractivity contribution >= 4 is 16.0 Å². The monoisotopic (exact) mass is 527 g/mol. The predicted octanol–water partition coefficient (Wildman–Crippen LogP) is 7.06. The zero-order chi connectivity index (χ0) is 26.9. The lowest BCUT2D eigenvalue weighted by Crippen LogP contribution is -2.46. The fourth-order valence-electron chi connectivity index (χ4n) is 3.88. The number of hydrogen-bond donors (Lipinski definition) is 3. The third-order valence-electron chi connectivity index (χ3n) is 6.02. The van der Waals surface area contributed by atoms with Crippen LogP contribution in [0, 0.1) is 0 Å². The molecule has 0 saturated carbocycles. The fourth-order valence-corrected chi connectivity index (χ4v) is 4.61. The lowest BCUT2D eigenvalue weighted by Gasteiger charge is -2.21. The first kappa shape index (κ1) is 34.6. The van der Waals surface area contributed by atoms with Crippen LogP contribution in [0.2, 0.25) is 0 Å². The summed E-state index contributed by atoms with van der Waals surface area (Å²) in [6, 6.07) is -1.07. The van der Waals surface area contributed by atoms with Crippen molar-refractivity contribution in [3.63, 3.8) is 0 Å². The first-order valence-electron chi connectivity index (χ1n) is 14.2. The zero-order valence-corrected chi connectivity index (χ0v) is 23.7. The smallest absolute Gasteiger partial charge is 0.267 e. The van der Waals surface area contributed by atoms with Crippen molar-refractivity contribution in [1.82, 2.24) is 5.32 Å². The van der Waals surface area contributed by atoms with Crippen LogP contribution in [0.5, 0.6) is 0 Å². The summed E-state index contributed by atoms with van der Waals surface area (Å²) in [6.07, 6.45) is 28.5. The number of carbonyl (C=O) groups excluding carboxylic acids is 1. The van der Waals surface area contributed by atoms with Crippen LogP contribution in [-0.2, 0) is 14.9 Å².